The van der Waals surface area contributed by atoms with Gasteiger partial charge in [0.05, 0.1) is 23.8 Å². The number of nitrogens with zero attached hydrogens (tertiary/aromatic N) is 4. The molecule has 198 valence electrons. The Labute approximate surface area is 229 Å². The molecule has 0 spiro atoms. The van der Waals surface area contributed by atoms with Crippen LogP contribution in [0, 0.1) is 0 Å². The van der Waals surface area contributed by atoms with Crippen LogP contribution in [0.1, 0.15) is 52.5 Å². The molecule has 7 nitrogen and oxygen atoms in total. The molecular formula is C29H34BClN4O3. The minimum Gasteiger partial charge on any atom is -0.497 e. The molecule has 2 aliphatic rings. The number of halogens is 1. The zero-order chi connectivity index (χ0) is 26.7. The topological polar surface area (TPSA) is 61.6 Å². The average Bonchev–Trinajstić information content (AvgIpc) is 3.32. The van der Waals surface area contributed by atoms with E-state index in [-0.39, 0.29) is 5.28 Å². The first-order chi connectivity index (χ1) is 18.2. The van der Waals surface area contributed by atoms with Crippen molar-refractivity contribution in [3.63, 3.8) is 0 Å². The van der Waals surface area contributed by atoms with Gasteiger partial charge in [0.25, 0.3) is 0 Å². The summed E-state index contributed by atoms with van der Waals surface area (Å²) in [4.78, 5) is 11.9. The van der Waals surface area contributed by atoms with Crippen molar-refractivity contribution in [2.75, 3.05) is 25.1 Å². The van der Waals surface area contributed by atoms with Crippen molar-refractivity contribution in [1.29, 1.82) is 0 Å². The van der Waals surface area contributed by atoms with Crippen LogP contribution in [0.15, 0.2) is 42.5 Å². The van der Waals surface area contributed by atoms with Gasteiger partial charge < -0.3 is 23.5 Å². The fourth-order valence-corrected chi connectivity index (χ4v) is 5.65. The first-order valence-electron chi connectivity index (χ1n) is 13.4. The number of anilines is 1. The number of piperidine rings is 1. The lowest BCUT2D eigenvalue weighted by atomic mass is 9.78. The molecule has 2 aromatic carbocycles. The second kappa shape index (κ2) is 9.43. The Morgan fingerprint density at radius 3 is 2.29 bits per heavy atom. The molecule has 2 fully saturated rings. The fraction of sp³-hybridized carbons (Fsp3) is 0.448. The highest BCUT2D eigenvalue weighted by atomic mass is 35.5. The van der Waals surface area contributed by atoms with Crippen LogP contribution >= 0.6 is 11.6 Å². The summed E-state index contributed by atoms with van der Waals surface area (Å²) in [5, 5.41) is 1.28. The third-order valence-corrected chi connectivity index (χ3v) is 8.52. The van der Waals surface area contributed by atoms with Gasteiger partial charge in [-0.25, -0.2) is 4.98 Å². The molecule has 2 aromatic heterocycles. The van der Waals surface area contributed by atoms with Gasteiger partial charge in [0.1, 0.15) is 16.8 Å². The minimum atomic E-state index is -0.455. The number of hydrogen-bond donors (Lipinski definition) is 0. The van der Waals surface area contributed by atoms with Gasteiger partial charge in [-0.05, 0) is 87.8 Å². The van der Waals surface area contributed by atoms with Crippen molar-refractivity contribution in [2.24, 2.45) is 0 Å². The third kappa shape index (κ3) is 4.32. The van der Waals surface area contributed by atoms with Crippen LogP contribution in [0.25, 0.3) is 21.9 Å². The molecule has 0 radical (unpaired) electrons. The van der Waals surface area contributed by atoms with Gasteiger partial charge in [-0.15, -0.1) is 0 Å². The molecule has 2 saturated heterocycles. The van der Waals surface area contributed by atoms with Crippen molar-refractivity contribution in [3.8, 4) is 5.75 Å². The molecule has 0 bridgehead atoms. The van der Waals surface area contributed by atoms with Crippen molar-refractivity contribution in [2.45, 2.75) is 64.7 Å². The van der Waals surface area contributed by atoms with E-state index in [9.17, 15) is 0 Å². The summed E-state index contributed by atoms with van der Waals surface area (Å²) in [6.45, 7) is 10.9. The number of ether oxygens (including phenoxy) is 1. The maximum atomic E-state index is 6.57. The van der Waals surface area contributed by atoms with E-state index in [4.69, 9.17) is 35.6 Å². The minimum absolute atomic E-state index is 0.266. The third-order valence-electron chi connectivity index (χ3n) is 8.36. The Hall–Kier alpha value is -2.81. The van der Waals surface area contributed by atoms with Crippen molar-refractivity contribution in [3.05, 3.63) is 53.3 Å². The molecule has 0 amide bonds. The Morgan fingerprint density at radius 2 is 1.63 bits per heavy atom. The summed E-state index contributed by atoms with van der Waals surface area (Å²) >= 11 is 6.57. The Balaban J connectivity index is 1.53. The average molecular weight is 533 g/mol. The Morgan fingerprint density at radius 1 is 0.947 bits per heavy atom. The number of benzene rings is 2. The van der Waals surface area contributed by atoms with Crippen LogP contribution in [0.5, 0.6) is 5.75 Å². The smallest absolute Gasteiger partial charge is 0.494 e. The SMILES string of the molecule is COc1ccc(Cn2c3ccc(B4OC(C)(C)C(C)(C)O4)cc3c3nc(Cl)nc(N4CCCCC4)c32)cc1. The first-order valence-corrected chi connectivity index (χ1v) is 13.8. The van der Waals surface area contributed by atoms with Crippen molar-refractivity contribution >= 4 is 51.9 Å². The molecule has 0 saturated carbocycles. The van der Waals surface area contributed by atoms with Gasteiger partial charge in [-0.3, -0.25) is 0 Å². The molecule has 2 aliphatic heterocycles. The predicted octanol–water partition coefficient (Wildman–Crippen LogP) is 5.58. The molecule has 38 heavy (non-hydrogen) atoms. The highest BCUT2D eigenvalue weighted by Gasteiger charge is 2.51. The van der Waals surface area contributed by atoms with E-state index in [1.165, 1.54) is 12.0 Å². The molecule has 0 unspecified atom stereocenters. The predicted molar refractivity (Wildman–Crippen MR) is 154 cm³/mol. The standard InChI is InChI=1S/C29H34BClN4O3/c1-28(2)29(3,4)38-30(37-28)20-11-14-23-22(17-20)24-25(35(23)18-19-9-12-21(36-5)13-10-19)26(33-27(31)32-24)34-15-7-6-8-16-34/h9-14,17H,6-8,15-16,18H2,1-5H3. The maximum absolute atomic E-state index is 6.57. The van der Waals surface area contributed by atoms with Crippen molar-refractivity contribution < 1.29 is 14.0 Å². The van der Waals surface area contributed by atoms with Crippen molar-refractivity contribution in [1.82, 2.24) is 14.5 Å². The molecule has 0 atom stereocenters. The number of hydrogen-bond acceptors (Lipinski definition) is 6. The largest absolute Gasteiger partial charge is 0.497 e. The van der Waals surface area contributed by atoms with E-state index in [2.05, 4.69) is 67.5 Å². The summed E-state index contributed by atoms with van der Waals surface area (Å²) < 4.78 is 20.4. The summed E-state index contributed by atoms with van der Waals surface area (Å²) in [5.41, 5.74) is 4.24. The molecule has 9 heteroatoms. The fourth-order valence-electron chi connectivity index (χ4n) is 5.48. The van der Waals surface area contributed by atoms with E-state index in [0.29, 0.717) is 6.54 Å². The van der Waals surface area contributed by atoms with E-state index in [0.717, 1.165) is 64.9 Å². The normalized spacial score (nSPS) is 19.0. The van der Waals surface area contributed by atoms with Gasteiger partial charge in [0.2, 0.25) is 5.28 Å². The van der Waals surface area contributed by atoms with Crippen LogP contribution in [-0.4, -0.2) is 53.1 Å². The van der Waals surface area contributed by atoms with Gasteiger partial charge in [-0.2, -0.15) is 4.98 Å². The maximum Gasteiger partial charge on any atom is 0.494 e. The molecule has 4 heterocycles. The van der Waals surface area contributed by atoms with E-state index >= 15 is 0 Å². The lowest BCUT2D eigenvalue weighted by Crippen LogP contribution is -2.41. The van der Waals surface area contributed by atoms with Crippen LogP contribution < -0.4 is 15.1 Å². The molecule has 6 rings (SSSR count). The second-order valence-corrected chi connectivity index (χ2v) is 11.7. The first kappa shape index (κ1) is 25.5. The summed E-state index contributed by atoms with van der Waals surface area (Å²) in [6, 6.07) is 14.6. The zero-order valence-electron chi connectivity index (χ0n) is 22.8. The lowest BCUT2D eigenvalue weighted by Gasteiger charge is -2.32. The quantitative estimate of drug-likeness (QED) is 0.247. The molecular weight excluding hydrogens is 499 g/mol. The summed E-state index contributed by atoms with van der Waals surface area (Å²) in [7, 11) is 1.23. The number of methoxy groups -OCH3 is 1. The number of rotatable bonds is 5. The van der Waals surface area contributed by atoms with Crippen LogP contribution in [0.4, 0.5) is 5.82 Å². The van der Waals surface area contributed by atoms with Gasteiger partial charge in [0, 0.05) is 25.0 Å². The molecule has 0 aliphatic carbocycles. The lowest BCUT2D eigenvalue weighted by molar-refractivity contribution is 0.00578. The van der Waals surface area contributed by atoms with Crippen LogP contribution in [0.3, 0.4) is 0 Å². The monoisotopic (exact) mass is 532 g/mol. The Bertz CT molecular complexity index is 1480. The summed E-state index contributed by atoms with van der Waals surface area (Å²) in [5.74, 6) is 1.74. The Kier molecular flexibility index (Phi) is 6.32. The van der Waals surface area contributed by atoms with Gasteiger partial charge in [-0.1, -0.05) is 24.3 Å². The second-order valence-electron chi connectivity index (χ2n) is 11.4. The number of fused-ring (bicyclic) bond motifs is 3. The van der Waals surface area contributed by atoms with Gasteiger partial charge in [0.15, 0.2) is 5.82 Å². The highest BCUT2D eigenvalue weighted by Crippen LogP contribution is 2.38. The van der Waals surface area contributed by atoms with Gasteiger partial charge >= 0.3 is 7.12 Å². The summed E-state index contributed by atoms with van der Waals surface area (Å²) in [6.07, 6.45) is 3.53. The molecule has 0 N–H and O–H groups in total. The van der Waals surface area contributed by atoms with Crippen LogP contribution in [0.2, 0.25) is 5.28 Å². The number of aromatic nitrogens is 3. The van der Waals surface area contributed by atoms with E-state index in [1.807, 2.05) is 12.1 Å². The zero-order valence-corrected chi connectivity index (χ0v) is 23.5. The highest BCUT2D eigenvalue weighted by molar-refractivity contribution is 6.62. The van der Waals surface area contributed by atoms with E-state index < -0.39 is 18.3 Å². The molecule has 4 aromatic rings. The van der Waals surface area contributed by atoms with E-state index in [1.54, 1.807) is 7.11 Å². The van der Waals surface area contributed by atoms with Crippen LogP contribution in [-0.2, 0) is 15.9 Å².